The third-order valence-corrected chi connectivity index (χ3v) is 12.5. The number of aliphatic carboxylic acids is 1. The Morgan fingerprint density at radius 1 is 1.15 bits per heavy atom. The Bertz CT molecular complexity index is 1200. The highest BCUT2D eigenvalue weighted by molar-refractivity contribution is 9.10. The van der Waals surface area contributed by atoms with Crippen molar-refractivity contribution in [3.63, 3.8) is 0 Å². The van der Waals surface area contributed by atoms with Crippen LogP contribution < -0.4 is 0 Å². The third-order valence-electron chi connectivity index (χ3n) is 10.8. The highest BCUT2D eigenvalue weighted by Crippen LogP contribution is 2.72. The van der Waals surface area contributed by atoms with Crippen molar-refractivity contribution in [2.45, 2.75) is 93.2 Å². The molecule has 39 heavy (non-hydrogen) atoms. The molecule has 4 rings (SSSR count). The number of halogens is 2. The molecule has 4 fully saturated rings. The van der Waals surface area contributed by atoms with Crippen LogP contribution in [-0.4, -0.2) is 95.7 Å². The largest absolute Gasteiger partial charge is 0.481 e. The molecular weight excluding hydrogens is 607 g/mol. The van der Waals surface area contributed by atoms with E-state index < -0.39 is 127 Å². The van der Waals surface area contributed by atoms with Crippen LogP contribution >= 0.6 is 15.9 Å². The second-order valence-electron chi connectivity index (χ2n) is 12.9. The number of hydrogen-bond acceptors (Lipinski definition) is 9. The number of carboxylic acid groups (broad SMARTS) is 1. The van der Waals surface area contributed by atoms with Crippen molar-refractivity contribution in [3.05, 3.63) is 0 Å². The summed E-state index contributed by atoms with van der Waals surface area (Å²) in [7, 11) is -4.91. The van der Waals surface area contributed by atoms with Crippen LogP contribution in [0.25, 0.3) is 0 Å². The molecule has 0 aromatic rings. The molecular formula is C25H36BrFO11S. The van der Waals surface area contributed by atoms with Crippen LogP contribution in [0.2, 0.25) is 0 Å². The highest BCUT2D eigenvalue weighted by atomic mass is 79.9. The van der Waals surface area contributed by atoms with Crippen LogP contribution in [0.4, 0.5) is 4.39 Å². The van der Waals surface area contributed by atoms with Crippen LogP contribution in [0.5, 0.6) is 0 Å². The van der Waals surface area contributed by atoms with Gasteiger partial charge in [-0.05, 0) is 43.4 Å². The molecule has 222 valence electrons. The summed E-state index contributed by atoms with van der Waals surface area (Å²) >= 11 is 3.27. The van der Waals surface area contributed by atoms with Gasteiger partial charge in [0.05, 0.1) is 16.8 Å². The Hall–Kier alpha value is -1.03. The number of aliphatic hydroxyl groups is 4. The van der Waals surface area contributed by atoms with Crippen molar-refractivity contribution < 1.29 is 57.3 Å². The Kier molecular flexibility index (Phi) is 7.32. The average Bonchev–Trinajstić information content (AvgIpc) is 2.95. The lowest BCUT2D eigenvalue weighted by molar-refractivity contribution is -0.283. The molecule has 0 spiro atoms. The molecule has 4 aliphatic rings. The van der Waals surface area contributed by atoms with Crippen molar-refractivity contribution in [1.82, 2.24) is 0 Å². The van der Waals surface area contributed by atoms with Gasteiger partial charge in [-0.25, -0.2) is 4.39 Å². The topological polar surface area (TPSA) is 207 Å². The number of carbonyl (C=O) groups is 3. The van der Waals surface area contributed by atoms with Crippen molar-refractivity contribution in [1.29, 1.82) is 0 Å². The molecule has 0 aromatic carbocycles. The second-order valence-corrected chi connectivity index (χ2v) is 15.5. The van der Waals surface area contributed by atoms with Crippen LogP contribution in [-0.2, 0) is 24.5 Å². The molecule has 14 heteroatoms. The molecule has 0 aromatic heterocycles. The van der Waals surface area contributed by atoms with Gasteiger partial charge in [0, 0.05) is 23.2 Å². The molecule has 0 radical (unpaired) electrons. The van der Waals surface area contributed by atoms with Gasteiger partial charge >= 0.3 is 5.97 Å². The van der Waals surface area contributed by atoms with Crippen molar-refractivity contribution in [2.75, 3.05) is 5.75 Å². The monoisotopic (exact) mass is 642 g/mol. The summed E-state index contributed by atoms with van der Waals surface area (Å²) in [6.45, 7) is 4.42. The minimum Gasteiger partial charge on any atom is -0.481 e. The SMILES string of the molecule is C[C@@H]1C[C@H]2[C@@H]3C[C@@H](F)[C@@]4(O)CC(=O)[C@H](Br)C[C@]4(C)[C@H]3[C@@](O)(CS(=O)(=O)O)C[C@]2(C)[C@@]1(O)C(=O)C(O)CC(=O)O. The van der Waals surface area contributed by atoms with Crippen LogP contribution in [0.3, 0.4) is 0 Å². The molecule has 0 amide bonds. The van der Waals surface area contributed by atoms with Gasteiger partial charge in [-0.1, -0.05) is 36.7 Å². The minimum absolute atomic E-state index is 0.0968. The lowest BCUT2D eigenvalue weighted by Crippen LogP contribution is -2.76. The number of rotatable bonds is 6. The Morgan fingerprint density at radius 3 is 2.28 bits per heavy atom. The summed E-state index contributed by atoms with van der Waals surface area (Å²) in [5.41, 5.74) is -10.3. The maximum absolute atomic E-state index is 16.0. The first-order valence-electron chi connectivity index (χ1n) is 12.9. The number of Topliss-reactive ketones (excluding diaryl/α,β-unsaturated/α-hetero) is 2. The first-order chi connectivity index (χ1) is 17.6. The summed E-state index contributed by atoms with van der Waals surface area (Å²) in [6, 6.07) is 0. The van der Waals surface area contributed by atoms with E-state index in [2.05, 4.69) is 15.9 Å². The van der Waals surface area contributed by atoms with E-state index in [0.29, 0.717) is 0 Å². The predicted octanol–water partition coefficient (Wildman–Crippen LogP) is 0.645. The average molecular weight is 644 g/mol. The Labute approximate surface area is 234 Å². The van der Waals surface area contributed by atoms with Crippen LogP contribution in [0, 0.1) is 34.5 Å². The zero-order chi connectivity index (χ0) is 29.7. The molecule has 1 unspecified atom stereocenters. The van der Waals surface area contributed by atoms with Gasteiger partial charge in [0.25, 0.3) is 10.1 Å². The van der Waals surface area contributed by atoms with Crippen molar-refractivity contribution in [3.8, 4) is 0 Å². The smallest absolute Gasteiger partial charge is 0.306 e. The van der Waals surface area contributed by atoms with Gasteiger partial charge in [0.15, 0.2) is 5.78 Å². The van der Waals surface area contributed by atoms with Gasteiger partial charge in [-0.3, -0.25) is 18.9 Å². The van der Waals surface area contributed by atoms with E-state index in [0.717, 1.165) is 0 Å². The Morgan fingerprint density at radius 2 is 1.74 bits per heavy atom. The number of carbonyl (C=O) groups excluding carboxylic acids is 2. The number of hydrogen-bond donors (Lipinski definition) is 6. The fourth-order valence-corrected chi connectivity index (χ4v) is 11.1. The van der Waals surface area contributed by atoms with Crippen molar-refractivity contribution in [2.24, 2.45) is 34.5 Å². The van der Waals surface area contributed by atoms with Crippen LogP contribution in [0.1, 0.15) is 59.3 Å². The van der Waals surface area contributed by atoms with E-state index in [-0.39, 0.29) is 12.8 Å². The fourth-order valence-electron chi connectivity index (χ4n) is 9.35. The van der Waals surface area contributed by atoms with Crippen LogP contribution in [0.15, 0.2) is 0 Å². The second kappa shape index (κ2) is 9.23. The lowest BCUT2D eigenvalue weighted by atomic mass is 9.39. The number of fused-ring (bicyclic) bond motifs is 5. The zero-order valence-electron chi connectivity index (χ0n) is 21.9. The predicted molar refractivity (Wildman–Crippen MR) is 136 cm³/mol. The standard InChI is InChI=1S/C25H36BrFO11S/c1-11-4-13-12-5-17(27)24(34)8-16(29)14(26)7-21(24,2)19(12)23(33,10-39(36,37)38)9-22(13,3)25(11,35)20(32)15(28)6-18(30)31/h11-15,17,19,28,33-35H,4-10H2,1-3H3,(H,30,31)(H,36,37,38)/t11-,12+,13+,14-,15?,17-,19+,21-,22+,23+,24+,25+/m1/s1. The molecule has 0 heterocycles. The van der Waals surface area contributed by atoms with Gasteiger partial charge in [-0.2, -0.15) is 8.42 Å². The maximum Gasteiger partial charge on any atom is 0.306 e. The molecule has 0 saturated heterocycles. The van der Waals surface area contributed by atoms with Crippen molar-refractivity contribution >= 4 is 43.6 Å². The molecule has 0 bridgehead atoms. The van der Waals surface area contributed by atoms with E-state index >= 15 is 4.39 Å². The molecule has 0 aliphatic heterocycles. The number of carboxylic acids is 1. The van der Waals surface area contributed by atoms with E-state index in [1.165, 1.54) is 20.8 Å². The Balaban J connectivity index is 1.92. The summed E-state index contributed by atoms with van der Waals surface area (Å²) in [4.78, 5) is 36.4. The lowest BCUT2D eigenvalue weighted by Gasteiger charge is -2.68. The van der Waals surface area contributed by atoms with Gasteiger partial charge in [-0.15, -0.1) is 0 Å². The molecule has 12 atom stereocenters. The van der Waals surface area contributed by atoms with E-state index in [1.54, 1.807) is 0 Å². The van der Waals surface area contributed by atoms with Gasteiger partial charge in [0.1, 0.15) is 35.0 Å². The molecule has 6 N–H and O–H groups in total. The normalized spacial score (nSPS) is 50.5. The summed E-state index contributed by atoms with van der Waals surface area (Å²) in [6.07, 6.45) is -6.69. The molecule has 4 aliphatic carbocycles. The maximum atomic E-state index is 16.0. The number of alkyl halides is 2. The first-order valence-corrected chi connectivity index (χ1v) is 15.5. The number of ketones is 2. The number of aliphatic hydroxyl groups excluding tert-OH is 1. The fraction of sp³-hybridized carbons (Fsp3) is 0.880. The molecule has 4 saturated carbocycles. The van der Waals surface area contributed by atoms with Gasteiger partial charge in [0.2, 0.25) is 0 Å². The van der Waals surface area contributed by atoms with E-state index in [1.807, 2.05) is 0 Å². The third kappa shape index (κ3) is 4.26. The first kappa shape index (κ1) is 30.9. The molecule has 11 nitrogen and oxygen atoms in total. The quantitative estimate of drug-likeness (QED) is 0.175. The van der Waals surface area contributed by atoms with Gasteiger partial charge < -0.3 is 25.5 Å². The summed E-state index contributed by atoms with van der Waals surface area (Å²) < 4.78 is 50.4. The van der Waals surface area contributed by atoms with E-state index in [9.17, 15) is 47.8 Å². The minimum atomic E-state index is -4.91. The van der Waals surface area contributed by atoms with E-state index in [4.69, 9.17) is 5.11 Å². The summed E-state index contributed by atoms with van der Waals surface area (Å²) in [5.74, 6) is -8.10. The highest BCUT2D eigenvalue weighted by Gasteiger charge is 2.78. The zero-order valence-corrected chi connectivity index (χ0v) is 24.3. The summed E-state index contributed by atoms with van der Waals surface area (Å²) in [5, 5.41) is 55.3.